The zero-order valence-electron chi connectivity index (χ0n) is 13.2. The van der Waals surface area contributed by atoms with Crippen LogP contribution in [0, 0.1) is 0 Å². The fourth-order valence-corrected chi connectivity index (χ4v) is 3.79. The fraction of sp³-hybridized carbons (Fsp3) is 0.667. The number of rotatable bonds is 7. The average Bonchev–Trinajstić information content (AvgIpc) is 3.20. The summed E-state index contributed by atoms with van der Waals surface area (Å²) in [6.07, 6.45) is 7.59. The minimum atomic E-state index is 0.109. The molecule has 3 nitrogen and oxygen atoms in total. The third-order valence-corrected chi connectivity index (χ3v) is 5.14. The van der Waals surface area contributed by atoms with Crippen LogP contribution in [0.2, 0.25) is 5.02 Å². The van der Waals surface area contributed by atoms with Gasteiger partial charge in [0.15, 0.2) is 0 Å². The maximum Gasteiger partial charge on any atom is 0.0809 e. The standard InChI is InChI=1S/C18H26ClNO2/c19-16-7-5-15(6-8-16)18(9-1-2-10-18)20-11-13-21-14-17-4-3-12-22-17/h5-8,17,20H,1-4,9-14H2. The van der Waals surface area contributed by atoms with Crippen molar-refractivity contribution >= 4 is 11.6 Å². The van der Waals surface area contributed by atoms with Gasteiger partial charge in [0, 0.05) is 23.7 Å². The molecule has 4 heteroatoms. The van der Waals surface area contributed by atoms with Crippen LogP contribution < -0.4 is 5.32 Å². The molecule has 0 amide bonds. The first-order valence-corrected chi connectivity index (χ1v) is 8.87. The highest BCUT2D eigenvalue weighted by Crippen LogP contribution is 2.38. The minimum Gasteiger partial charge on any atom is -0.377 e. The maximum absolute atomic E-state index is 6.02. The SMILES string of the molecule is Clc1ccc(C2(NCCOCC3CCCO3)CCCC2)cc1. The maximum atomic E-state index is 6.02. The van der Waals surface area contributed by atoms with Gasteiger partial charge in [-0.25, -0.2) is 0 Å². The van der Waals surface area contributed by atoms with Crippen molar-refractivity contribution < 1.29 is 9.47 Å². The topological polar surface area (TPSA) is 30.5 Å². The van der Waals surface area contributed by atoms with E-state index < -0.39 is 0 Å². The van der Waals surface area contributed by atoms with Gasteiger partial charge in [0.2, 0.25) is 0 Å². The van der Waals surface area contributed by atoms with E-state index in [-0.39, 0.29) is 5.54 Å². The molecule has 1 aliphatic heterocycles. The molecule has 1 N–H and O–H groups in total. The first-order chi connectivity index (χ1) is 10.8. The molecule has 1 aromatic carbocycles. The molecule has 1 aliphatic carbocycles. The minimum absolute atomic E-state index is 0.109. The van der Waals surface area contributed by atoms with Crippen molar-refractivity contribution in [2.75, 3.05) is 26.4 Å². The normalized spacial score (nSPS) is 24.0. The molecular formula is C18H26ClNO2. The average molecular weight is 324 g/mol. The lowest BCUT2D eigenvalue weighted by Gasteiger charge is -2.31. The summed E-state index contributed by atoms with van der Waals surface area (Å²) < 4.78 is 11.3. The van der Waals surface area contributed by atoms with Gasteiger partial charge in [-0.3, -0.25) is 0 Å². The van der Waals surface area contributed by atoms with Crippen molar-refractivity contribution in [3.63, 3.8) is 0 Å². The second kappa shape index (κ2) is 7.78. The van der Waals surface area contributed by atoms with E-state index in [0.717, 1.165) is 37.8 Å². The van der Waals surface area contributed by atoms with Crippen LogP contribution >= 0.6 is 11.6 Å². The van der Waals surface area contributed by atoms with Crippen molar-refractivity contribution in [2.45, 2.75) is 50.2 Å². The number of hydrogen-bond acceptors (Lipinski definition) is 3. The monoisotopic (exact) mass is 323 g/mol. The third-order valence-electron chi connectivity index (χ3n) is 4.89. The highest BCUT2D eigenvalue weighted by molar-refractivity contribution is 6.30. The molecule has 0 bridgehead atoms. The lowest BCUT2D eigenvalue weighted by molar-refractivity contribution is 0.0167. The second-order valence-corrected chi connectivity index (χ2v) is 6.87. The summed E-state index contributed by atoms with van der Waals surface area (Å²) in [5.41, 5.74) is 1.46. The molecule has 0 radical (unpaired) electrons. The Labute approximate surface area is 138 Å². The lowest BCUT2D eigenvalue weighted by atomic mass is 9.88. The largest absolute Gasteiger partial charge is 0.377 e. The van der Waals surface area contributed by atoms with Gasteiger partial charge in [0.05, 0.1) is 19.3 Å². The predicted octanol–water partition coefficient (Wildman–Crippen LogP) is 3.89. The zero-order chi connectivity index (χ0) is 15.3. The number of hydrogen-bond donors (Lipinski definition) is 1. The molecule has 3 rings (SSSR count). The Balaban J connectivity index is 1.48. The Hall–Kier alpha value is -0.610. The van der Waals surface area contributed by atoms with Crippen molar-refractivity contribution in [2.24, 2.45) is 0 Å². The Bertz CT molecular complexity index is 451. The van der Waals surface area contributed by atoms with Gasteiger partial charge >= 0.3 is 0 Å². The second-order valence-electron chi connectivity index (χ2n) is 6.43. The molecule has 2 fully saturated rings. The van der Waals surface area contributed by atoms with Gasteiger partial charge < -0.3 is 14.8 Å². The number of halogens is 1. The van der Waals surface area contributed by atoms with E-state index in [1.165, 1.54) is 37.7 Å². The zero-order valence-corrected chi connectivity index (χ0v) is 13.9. The molecule has 22 heavy (non-hydrogen) atoms. The summed E-state index contributed by atoms with van der Waals surface area (Å²) in [5.74, 6) is 0. The summed E-state index contributed by atoms with van der Waals surface area (Å²) >= 11 is 6.02. The molecule has 1 heterocycles. The van der Waals surface area contributed by atoms with E-state index in [4.69, 9.17) is 21.1 Å². The van der Waals surface area contributed by atoms with E-state index in [9.17, 15) is 0 Å². The number of benzene rings is 1. The van der Waals surface area contributed by atoms with Gasteiger partial charge in [-0.05, 0) is 43.4 Å². The molecule has 1 aromatic rings. The molecule has 2 aliphatic rings. The van der Waals surface area contributed by atoms with Crippen LogP contribution in [0.25, 0.3) is 0 Å². The molecule has 1 atom stereocenters. The van der Waals surface area contributed by atoms with Crippen molar-refractivity contribution in [3.8, 4) is 0 Å². The summed E-state index contributed by atoms with van der Waals surface area (Å²) in [6, 6.07) is 8.31. The molecular weight excluding hydrogens is 298 g/mol. The van der Waals surface area contributed by atoms with Gasteiger partial charge in [0.1, 0.15) is 0 Å². The first-order valence-electron chi connectivity index (χ1n) is 8.49. The van der Waals surface area contributed by atoms with Crippen LogP contribution in [-0.4, -0.2) is 32.5 Å². The van der Waals surface area contributed by atoms with Crippen molar-refractivity contribution in [3.05, 3.63) is 34.9 Å². The molecule has 122 valence electrons. The molecule has 1 unspecified atom stereocenters. The first kappa shape index (κ1) is 16.3. The number of nitrogens with one attached hydrogen (secondary N) is 1. The Morgan fingerprint density at radius 1 is 1.18 bits per heavy atom. The van der Waals surface area contributed by atoms with E-state index in [1.807, 2.05) is 12.1 Å². The van der Waals surface area contributed by atoms with Crippen LogP contribution in [0.1, 0.15) is 44.1 Å². The Kier molecular flexibility index (Phi) is 5.75. The van der Waals surface area contributed by atoms with Crippen LogP contribution in [0.15, 0.2) is 24.3 Å². The van der Waals surface area contributed by atoms with Crippen LogP contribution in [-0.2, 0) is 15.0 Å². The van der Waals surface area contributed by atoms with E-state index >= 15 is 0 Å². The Morgan fingerprint density at radius 2 is 1.95 bits per heavy atom. The Morgan fingerprint density at radius 3 is 2.64 bits per heavy atom. The van der Waals surface area contributed by atoms with Crippen molar-refractivity contribution in [1.82, 2.24) is 5.32 Å². The smallest absolute Gasteiger partial charge is 0.0809 e. The fourth-order valence-electron chi connectivity index (χ4n) is 3.67. The van der Waals surface area contributed by atoms with Crippen LogP contribution in [0.5, 0.6) is 0 Å². The summed E-state index contributed by atoms with van der Waals surface area (Å²) in [6.45, 7) is 3.26. The van der Waals surface area contributed by atoms with Gasteiger partial charge in [-0.15, -0.1) is 0 Å². The summed E-state index contributed by atoms with van der Waals surface area (Å²) in [5, 5.41) is 4.55. The number of ether oxygens (including phenoxy) is 2. The van der Waals surface area contributed by atoms with Gasteiger partial charge in [-0.2, -0.15) is 0 Å². The molecule has 1 saturated carbocycles. The summed E-state index contributed by atoms with van der Waals surface area (Å²) in [4.78, 5) is 0. The molecule has 1 saturated heterocycles. The van der Waals surface area contributed by atoms with E-state index in [2.05, 4.69) is 17.4 Å². The lowest BCUT2D eigenvalue weighted by Crippen LogP contribution is -2.41. The molecule has 0 spiro atoms. The van der Waals surface area contributed by atoms with E-state index in [0.29, 0.717) is 6.10 Å². The van der Waals surface area contributed by atoms with Crippen molar-refractivity contribution in [1.29, 1.82) is 0 Å². The van der Waals surface area contributed by atoms with Gasteiger partial charge in [0.25, 0.3) is 0 Å². The summed E-state index contributed by atoms with van der Waals surface area (Å²) in [7, 11) is 0. The molecule has 0 aromatic heterocycles. The quantitative estimate of drug-likeness (QED) is 0.772. The highest BCUT2D eigenvalue weighted by Gasteiger charge is 2.34. The van der Waals surface area contributed by atoms with E-state index in [1.54, 1.807) is 0 Å². The third kappa shape index (κ3) is 4.02. The highest BCUT2D eigenvalue weighted by atomic mass is 35.5. The van der Waals surface area contributed by atoms with Crippen LogP contribution in [0.4, 0.5) is 0 Å². The van der Waals surface area contributed by atoms with Gasteiger partial charge in [-0.1, -0.05) is 36.6 Å². The predicted molar refractivity (Wildman–Crippen MR) is 89.4 cm³/mol. The van der Waals surface area contributed by atoms with Crippen LogP contribution in [0.3, 0.4) is 0 Å².